The average Bonchev–Trinajstić information content (AvgIpc) is 3.41. The summed E-state index contributed by atoms with van der Waals surface area (Å²) in [4.78, 5) is 4.85. The molecule has 0 saturated carbocycles. The van der Waals surface area contributed by atoms with Gasteiger partial charge in [0.2, 0.25) is 12.7 Å². The molecular weight excluding hydrogens is 640 g/mol. The van der Waals surface area contributed by atoms with Gasteiger partial charge in [-0.3, -0.25) is 0 Å². The van der Waals surface area contributed by atoms with Gasteiger partial charge in [-0.2, -0.15) is 0 Å². The zero-order chi connectivity index (χ0) is 26.8. The van der Waals surface area contributed by atoms with Crippen LogP contribution < -0.4 is 52.9 Å². The molecule has 2 aromatic heterocycles. The highest BCUT2D eigenvalue weighted by molar-refractivity contribution is 5.60. The number of piperazine rings is 1. The van der Waals surface area contributed by atoms with Crippen molar-refractivity contribution in [1.82, 2.24) is 19.6 Å². The van der Waals surface area contributed by atoms with Crippen LogP contribution in [0, 0.1) is 13.8 Å². The first-order valence-corrected chi connectivity index (χ1v) is 12.6. The minimum absolute atomic E-state index is 0. The van der Waals surface area contributed by atoms with Crippen molar-refractivity contribution in [2.24, 2.45) is 48.6 Å². The van der Waals surface area contributed by atoms with Crippen LogP contribution in [-0.4, -0.2) is 45.7 Å². The summed E-state index contributed by atoms with van der Waals surface area (Å²) in [5, 5.41) is 26.0. The summed E-state index contributed by atoms with van der Waals surface area (Å²) in [6, 6.07) is 12.7. The van der Waals surface area contributed by atoms with E-state index in [1.54, 1.807) is 22.0 Å². The highest BCUT2D eigenvalue weighted by Gasteiger charge is 2.19. The Balaban J connectivity index is 0.00000220. The van der Waals surface area contributed by atoms with E-state index in [0.717, 1.165) is 48.7 Å². The van der Waals surface area contributed by atoms with Crippen LogP contribution in [0.4, 0.5) is 34.6 Å². The molecule has 0 bridgehead atoms. The molecule has 0 atom stereocenters. The summed E-state index contributed by atoms with van der Waals surface area (Å²) in [6.07, 6.45) is 3.43. The summed E-state index contributed by atoms with van der Waals surface area (Å²) >= 11 is 0. The van der Waals surface area contributed by atoms with Crippen molar-refractivity contribution < 1.29 is 43.1 Å². The minimum Gasteiger partial charge on any atom is -1.00 e. The standard InChI is InChI=1S/C26H34N12.2BrH/c1-19-15-21(7-9-23(19)29-31-25-33(3)17-27-35(25)5)37-11-13-38(14-12-37)22-8-10-24(20(2)16-22)30-32-26-34(4)18-28-36(26)6;;/h7-10,15-18H,11-14H2,1-6H3;2*1H/q+2;;/p-2. The smallest absolute Gasteiger partial charge is 0.403 e. The van der Waals surface area contributed by atoms with Gasteiger partial charge in [-0.1, -0.05) is 10.2 Å². The summed E-state index contributed by atoms with van der Waals surface area (Å²) in [5.74, 6) is 1.39. The molecule has 1 fully saturated rings. The van der Waals surface area contributed by atoms with Crippen LogP contribution >= 0.6 is 0 Å². The van der Waals surface area contributed by atoms with Gasteiger partial charge in [-0.25, -0.2) is 9.13 Å². The van der Waals surface area contributed by atoms with Crippen molar-refractivity contribution in [2.75, 3.05) is 36.0 Å². The monoisotopic (exact) mass is 672 g/mol. The molecule has 2 aromatic carbocycles. The van der Waals surface area contributed by atoms with Gasteiger partial charge in [0.15, 0.2) is 0 Å². The third-order valence-corrected chi connectivity index (χ3v) is 6.87. The number of halogens is 2. The molecule has 4 aromatic rings. The fraction of sp³-hybridized carbons (Fsp3) is 0.385. The van der Waals surface area contributed by atoms with Crippen LogP contribution in [-0.2, 0) is 28.2 Å². The van der Waals surface area contributed by atoms with Crippen LogP contribution in [0.25, 0.3) is 0 Å². The van der Waals surface area contributed by atoms with Crippen molar-refractivity contribution in [2.45, 2.75) is 13.8 Å². The highest BCUT2D eigenvalue weighted by Crippen LogP contribution is 2.29. The van der Waals surface area contributed by atoms with Crippen LogP contribution in [0.1, 0.15) is 11.1 Å². The quantitative estimate of drug-likeness (QED) is 0.168. The van der Waals surface area contributed by atoms with E-state index in [1.165, 1.54) is 11.4 Å². The van der Waals surface area contributed by atoms with Gasteiger partial charge in [0.1, 0.15) is 11.4 Å². The van der Waals surface area contributed by atoms with Gasteiger partial charge in [-0.05, 0) is 71.6 Å². The Morgan fingerprint density at radius 2 is 1.00 bits per heavy atom. The summed E-state index contributed by atoms with van der Waals surface area (Å²) < 4.78 is 7.09. The normalized spacial score (nSPS) is 13.7. The van der Waals surface area contributed by atoms with E-state index < -0.39 is 0 Å². The van der Waals surface area contributed by atoms with Crippen LogP contribution in [0.3, 0.4) is 0 Å². The second-order valence-electron chi connectivity index (χ2n) is 9.65. The molecule has 1 aliphatic heterocycles. The number of benzene rings is 2. The lowest BCUT2D eigenvalue weighted by atomic mass is 10.1. The largest absolute Gasteiger partial charge is 1.00 e. The Labute approximate surface area is 255 Å². The fourth-order valence-corrected chi connectivity index (χ4v) is 4.56. The van der Waals surface area contributed by atoms with E-state index in [9.17, 15) is 0 Å². The second-order valence-corrected chi connectivity index (χ2v) is 9.65. The van der Waals surface area contributed by atoms with Crippen LogP contribution in [0.5, 0.6) is 0 Å². The Kier molecular flexibility index (Phi) is 10.3. The van der Waals surface area contributed by atoms with E-state index in [0.29, 0.717) is 11.9 Å². The number of hydrogen-bond donors (Lipinski definition) is 0. The lowest BCUT2D eigenvalue weighted by Gasteiger charge is -2.37. The molecule has 0 N–H and O–H groups in total. The van der Waals surface area contributed by atoms with Gasteiger partial charge in [0.25, 0.3) is 0 Å². The predicted octanol–water partition coefficient (Wildman–Crippen LogP) is -2.42. The number of nitrogens with zero attached hydrogens (tertiary/aromatic N) is 12. The molecule has 0 unspecified atom stereocenters. The molecule has 5 rings (SSSR count). The van der Waals surface area contributed by atoms with E-state index >= 15 is 0 Å². The van der Waals surface area contributed by atoms with E-state index in [1.807, 2.05) is 49.5 Å². The maximum atomic E-state index is 4.46. The number of aromatic nitrogens is 6. The third-order valence-electron chi connectivity index (χ3n) is 6.87. The maximum absolute atomic E-state index is 4.46. The predicted molar refractivity (Wildman–Crippen MR) is 144 cm³/mol. The molecule has 1 saturated heterocycles. The number of aryl methyl sites for hydroxylation is 6. The number of azo groups is 2. The van der Waals surface area contributed by atoms with Crippen LogP contribution in [0.15, 0.2) is 69.5 Å². The minimum atomic E-state index is 0. The van der Waals surface area contributed by atoms with Crippen molar-refractivity contribution in [3.05, 3.63) is 60.2 Å². The van der Waals surface area contributed by atoms with Gasteiger partial charge in [-0.15, -0.1) is 9.36 Å². The summed E-state index contributed by atoms with van der Waals surface area (Å²) in [5.41, 5.74) is 6.33. The molecule has 212 valence electrons. The molecule has 0 amide bonds. The van der Waals surface area contributed by atoms with Gasteiger partial charge in [0.05, 0.1) is 28.2 Å². The fourth-order valence-electron chi connectivity index (χ4n) is 4.56. The molecule has 0 spiro atoms. The maximum Gasteiger partial charge on any atom is 0.403 e. The third kappa shape index (κ3) is 6.61. The molecule has 40 heavy (non-hydrogen) atoms. The van der Waals surface area contributed by atoms with E-state index in [-0.39, 0.29) is 34.0 Å². The van der Waals surface area contributed by atoms with Crippen molar-refractivity contribution in [3.8, 4) is 0 Å². The van der Waals surface area contributed by atoms with Crippen molar-refractivity contribution in [3.63, 3.8) is 0 Å². The molecule has 3 heterocycles. The Morgan fingerprint density at radius 3 is 1.30 bits per heavy atom. The van der Waals surface area contributed by atoms with Crippen molar-refractivity contribution >= 4 is 34.6 Å². The lowest BCUT2D eigenvalue weighted by Crippen LogP contribution is -3.00. The van der Waals surface area contributed by atoms with Gasteiger partial charge >= 0.3 is 11.9 Å². The zero-order valence-corrected chi connectivity index (χ0v) is 26.7. The molecule has 1 aliphatic rings. The first-order chi connectivity index (χ1) is 18.3. The molecule has 12 nitrogen and oxygen atoms in total. The van der Waals surface area contributed by atoms with Gasteiger partial charge in [0, 0.05) is 47.8 Å². The topological polar surface area (TPSA) is 99.3 Å². The zero-order valence-electron chi connectivity index (χ0n) is 23.6. The number of rotatable bonds is 6. The van der Waals surface area contributed by atoms with Crippen LogP contribution in [0.2, 0.25) is 0 Å². The average molecular weight is 674 g/mol. The van der Waals surface area contributed by atoms with Crippen molar-refractivity contribution in [1.29, 1.82) is 0 Å². The summed E-state index contributed by atoms with van der Waals surface area (Å²) in [7, 11) is 7.52. The molecular formula is C26H34Br2N12. The van der Waals surface area contributed by atoms with E-state index in [4.69, 9.17) is 0 Å². The molecule has 0 aliphatic carbocycles. The number of hydrogen-bond acceptors (Lipinski definition) is 8. The Morgan fingerprint density at radius 1 is 0.625 bits per heavy atom. The lowest BCUT2D eigenvalue weighted by molar-refractivity contribution is -0.659. The van der Waals surface area contributed by atoms with E-state index in [2.05, 4.69) is 78.6 Å². The molecule has 14 heteroatoms. The Bertz CT molecular complexity index is 1360. The van der Waals surface area contributed by atoms with Gasteiger partial charge < -0.3 is 43.8 Å². The SMILES string of the molecule is Cc1cc(N2CCN(c3ccc(/N=N/c4n(C)nc[n+]4C)c(C)c3)CC2)ccc1/N=N/c1n(C)nc[n+]1C.[Br-].[Br-]. The first kappa shape index (κ1) is 31.0. The second kappa shape index (κ2) is 13.2. The Hall–Kier alpha value is -3.52. The highest BCUT2D eigenvalue weighted by atomic mass is 79.9. The summed E-state index contributed by atoms with van der Waals surface area (Å²) in [6.45, 7) is 7.94. The molecule has 0 radical (unpaired) electrons. The number of anilines is 2. The first-order valence-electron chi connectivity index (χ1n) is 12.6.